The fourth-order valence-corrected chi connectivity index (χ4v) is 5.10. The smallest absolute Gasteiger partial charge is 0.353 e. The third-order valence-corrected chi connectivity index (χ3v) is 7.08. The highest BCUT2D eigenvalue weighted by molar-refractivity contribution is 6.30. The predicted molar refractivity (Wildman–Crippen MR) is 123 cm³/mol. The van der Waals surface area contributed by atoms with Gasteiger partial charge >= 0.3 is 12.1 Å². The van der Waals surface area contributed by atoms with Crippen molar-refractivity contribution in [3.8, 4) is 11.4 Å². The number of nitrogens with zero attached hydrogens (tertiary/aromatic N) is 5. The van der Waals surface area contributed by atoms with Gasteiger partial charge in [-0.1, -0.05) is 41.7 Å². The molecule has 3 heterocycles. The van der Waals surface area contributed by atoms with E-state index < -0.39 is 17.5 Å². The normalized spacial score (nSPS) is 18.2. The van der Waals surface area contributed by atoms with E-state index in [-0.39, 0.29) is 11.7 Å². The Bertz CT molecular complexity index is 1180. The molecule has 1 amide bonds. The van der Waals surface area contributed by atoms with Crippen LogP contribution in [0.3, 0.4) is 0 Å². The first-order valence-corrected chi connectivity index (χ1v) is 11.8. The Kier molecular flexibility index (Phi) is 6.16. The van der Waals surface area contributed by atoms with E-state index >= 15 is 0 Å². The van der Waals surface area contributed by atoms with Crippen molar-refractivity contribution < 1.29 is 22.5 Å². The number of benzene rings is 1. The summed E-state index contributed by atoms with van der Waals surface area (Å²) in [4.78, 5) is 25.4. The SMILES string of the molecule is O=C(N1CCN(c2ccc(-c3noc(C(F)(F)F)n3)cn2)CC1)C1(c2ccc(Cl)cc2)CCCC1. The van der Waals surface area contributed by atoms with Crippen molar-refractivity contribution >= 4 is 23.3 Å². The first-order valence-electron chi connectivity index (χ1n) is 11.4. The topological polar surface area (TPSA) is 75.4 Å². The summed E-state index contributed by atoms with van der Waals surface area (Å²) in [6.07, 6.45) is 0.447. The molecule has 1 aliphatic carbocycles. The zero-order valence-corrected chi connectivity index (χ0v) is 19.5. The molecule has 0 bridgehead atoms. The van der Waals surface area contributed by atoms with Gasteiger partial charge in [0.1, 0.15) is 5.82 Å². The van der Waals surface area contributed by atoms with Crippen LogP contribution in [-0.2, 0) is 16.4 Å². The molecular formula is C24H23ClF3N5O2. The van der Waals surface area contributed by atoms with Crippen molar-refractivity contribution in [1.82, 2.24) is 20.0 Å². The van der Waals surface area contributed by atoms with Crippen molar-refractivity contribution in [2.45, 2.75) is 37.3 Å². The Morgan fingerprint density at radius 3 is 2.26 bits per heavy atom. The molecule has 7 nitrogen and oxygen atoms in total. The number of hydrogen-bond donors (Lipinski definition) is 0. The monoisotopic (exact) mass is 505 g/mol. The molecule has 1 saturated heterocycles. The number of piperazine rings is 1. The van der Waals surface area contributed by atoms with Crippen LogP contribution >= 0.6 is 11.6 Å². The molecule has 0 spiro atoms. The minimum absolute atomic E-state index is 0.165. The zero-order valence-electron chi connectivity index (χ0n) is 18.8. The highest BCUT2D eigenvalue weighted by atomic mass is 35.5. The van der Waals surface area contributed by atoms with E-state index in [9.17, 15) is 18.0 Å². The van der Waals surface area contributed by atoms with Gasteiger partial charge < -0.3 is 14.3 Å². The summed E-state index contributed by atoms with van der Waals surface area (Å²) >= 11 is 6.07. The summed E-state index contributed by atoms with van der Waals surface area (Å²) in [7, 11) is 0. The largest absolute Gasteiger partial charge is 0.471 e. The molecule has 0 N–H and O–H groups in total. The standard InChI is InChI=1S/C24H23ClF3N5O2/c25-18-6-4-17(5-7-18)23(9-1-2-10-23)22(34)33-13-11-32(12-14-33)19-8-3-16(15-29-19)20-30-21(35-31-20)24(26,27)28/h3-8,15H,1-2,9-14H2. The number of carbonyl (C=O) groups is 1. The maximum atomic E-state index is 13.7. The van der Waals surface area contributed by atoms with Crippen LogP contribution in [0.1, 0.15) is 37.1 Å². The number of aromatic nitrogens is 3. The van der Waals surface area contributed by atoms with E-state index in [1.54, 1.807) is 12.1 Å². The van der Waals surface area contributed by atoms with Crippen molar-refractivity contribution in [1.29, 1.82) is 0 Å². The van der Waals surface area contributed by atoms with Crippen LogP contribution in [0.5, 0.6) is 0 Å². The molecule has 35 heavy (non-hydrogen) atoms. The molecule has 3 aromatic rings. The second kappa shape index (κ2) is 9.14. The Morgan fingerprint density at radius 1 is 1.00 bits per heavy atom. The molecule has 184 valence electrons. The maximum Gasteiger partial charge on any atom is 0.471 e. The molecule has 0 radical (unpaired) electrons. The molecule has 2 aliphatic rings. The minimum atomic E-state index is -4.69. The van der Waals surface area contributed by atoms with Crippen LogP contribution in [0, 0.1) is 0 Å². The number of pyridine rings is 1. The van der Waals surface area contributed by atoms with Gasteiger partial charge in [-0.25, -0.2) is 4.98 Å². The number of alkyl halides is 3. The number of anilines is 1. The van der Waals surface area contributed by atoms with Gasteiger partial charge in [0.25, 0.3) is 0 Å². The van der Waals surface area contributed by atoms with Crippen molar-refractivity contribution in [3.63, 3.8) is 0 Å². The van der Waals surface area contributed by atoms with Gasteiger partial charge in [0.05, 0.1) is 5.41 Å². The fraction of sp³-hybridized carbons (Fsp3) is 0.417. The lowest BCUT2D eigenvalue weighted by molar-refractivity contribution is -0.159. The second-order valence-corrected chi connectivity index (χ2v) is 9.34. The summed E-state index contributed by atoms with van der Waals surface area (Å²) in [5.41, 5.74) is 0.860. The summed E-state index contributed by atoms with van der Waals surface area (Å²) in [6.45, 7) is 2.35. The van der Waals surface area contributed by atoms with Crippen LogP contribution in [0.25, 0.3) is 11.4 Å². The molecule has 1 aliphatic heterocycles. The number of hydrogen-bond acceptors (Lipinski definition) is 6. The Hall–Kier alpha value is -3.14. The lowest BCUT2D eigenvalue weighted by atomic mass is 9.77. The van der Waals surface area contributed by atoms with E-state index in [0.717, 1.165) is 31.2 Å². The zero-order chi connectivity index (χ0) is 24.6. The van der Waals surface area contributed by atoms with Gasteiger partial charge in [0.15, 0.2) is 0 Å². The van der Waals surface area contributed by atoms with Gasteiger partial charge in [0, 0.05) is 43.0 Å². The molecular weight excluding hydrogens is 483 g/mol. The second-order valence-electron chi connectivity index (χ2n) is 8.90. The highest BCUT2D eigenvalue weighted by Gasteiger charge is 2.45. The summed E-state index contributed by atoms with van der Waals surface area (Å²) in [5.74, 6) is -0.724. The van der Waals surface area contributed by atoms with Gasteiger partial charge in [-0.15, -0.1) is 0 Å². The Labute approximate surface area is 204 Å². The fourth-order valence-electron chi connectivity index (χ4n) is 4.98. The first kappa shape index (κ1) is 23.6. The highest BCUT2D eigenvalue weighted by Crippen LogP contribution is 2.43. The third kappa shape index (κ3) is 4.59. The Morgan fingerprint density at radius 2 is 1.69 bits per heavy atom. The lowest BCUT2D eigenvalue weighted by Crippen LogP contribution is -2.54. The summed E-state index contributed by atoms with van der Waals surface area (Å²) < 4.78 is 42.4. The van der Waals surface area contributed by atoms with Crippen LogP contribution < -0.4 is 4.90 Å². The first-order chi connectivity index (χ1) is 16.8. The van der Waals surface area contributed by atoms with Crippen LogP contribution in [0.4, 0.5) is 19.0 Å². The van der Waals surface area contributed by atoms with Crippen LogP contribution in [0.2, 0.25) is 5.02 Å². The van der Waals surface area contributed by atoms with Gasteiger partial charge in [-0.3, -0.25) is 4.79 Å². The summed E-state index contributed by atoms with van der Waals surface area (Å²) in [6, 6.07) is 10.9. The quantitative estimate of drug-likeness (QED) is 0.498. The average molecular weight is 506 g/mol. The molecule has 2 fully saturated rings. The number of rotatable bonds is 4. The molecule has 0 atom stereocenters. The minimum Gasteiger partial charge on any atom is -0.353 e. The van der Waals surface area contributed by atoms with Crippen molar-refractivity contribution in [3.05, 3.63) is 59.1 Å². The average Bonchev–Trinajstić information content (AvgIpc) is 3.56. The van der Waals surface area contributed by atoms with Gasteiger partial charge in [-0.05, 0) is 42.7 Å². The van der Waals surface area contributed by atoms with Crippen LogP contribution in [0.15, 0.2) is 47.1 Å². The van der Waals surface area contributed by atoms with Gasteiger partial charge in [-0.2, -0.15) is 18.2 Å². The molecule has 5 rings (SSSR count). The molecule has 1 saturated carbocycles. The van der Waals surface area contributed by atoms with Crippen molar-refractivity contribution in [2.24, 2.45) is 0 Å². The number of carbonyl (C=O) groups excluding carboxylic acids is 1. The predicted octanol–water partition coefficient (Wildman–Crippen LogP) is 4.96. The number of halogens is 4. The summed E-state index contributed by atoms with van der Waals surface area (Å²) in [5, 5.41) is 4.04. The van der Waals surface area contributed by atoms with E-state index in [4.69, 9.17) is 11.6 Å². The molecule has 0 unspecified atom stereocenters. The molecule has 2 aromatic heterocycles. The third-order valence-electron chi connectivity index (χ3n) is 6.83. The number of amides is 1. The van der Waals surface area contributed by atoms with Gasteiger partial charge in [0.2, 0.25) is 11.7 Å². The molecule has 1 aromatic carbocycles. The molecule has 11 heteroatoms. The van der Waals surface area contributed by atoms with E-state index in [0.29, 0.717) is 42.6 Å². The van der Waals surface area contributed by atoms with Crippen LogP contribution in [-0.4, -0.2) is 52.1 Å². The van der Waals surface area contributed by atoms with E-state index in [2.05, 4.69) is 24.5 Å². The lowest BCUT2D eigenvalue weighted by Gasteiger charge is -2.40. The Balaban J connectivity index is 1.25. The maximum absolute atomic E-state index is 13.7. The van der Waals surface area contributed by atoms with E-state index in [1.807, 2.05) is 29.2 Å². The van der Waals surface area contributed by atoms with E-state index in [1.165, 1.54) is 6.20 Å². The van der Waals surface area contributed by atoms with Crippen molar-refractivity contribution in [2.75, 3.05) is 31.1 Å².